The Morgan fingerprint density at radius 3 is 2.26 bits per heavy atom. The highest BCUT2D eigenvalue weighted by Crippen LogP contribution is 2.29. The molecule has 0 saturated heterocycles. The number of carbonyl (C=O) groups is 2. The summed E-state index contributed by atoms with van der Waals surface area (Å²) in [5.74, 6) is -0.969. The van der Waals surface area contributed by atoms with Crippen LogP contribution in [0.2, 0.25) is 15.1 Å². The molecule has 2 aromatic rings. The van der Waals surface area contributed by atoms with Crippen molar-refractivity contribution >= 4 is 62.3 Å². The molecule has 1 N–H and O–H groups in total. The summed E-state index contributed by atoms with van der Waals surface area (Å²) in [6.07, 6.45) is 1.73. The van der Waals surface area contributed by atoms with E-state index < -0.39 is 28.5 Å². The van der Waals surface area contributed by atoms with Crippen LogP contribution in [0.4, 0.5) is 5.69 Å². The van der Waals surface area contributed by atoms with E-state index in [9.17, 15) is 18.0 Å². The summed E-state index contributed by atoms with van der Waals surface area (Å²) in [5.41, 5.74) is 1.36. The number of amides is 2. The molecule has 1 atom stereocenters. The van der Waals surface area contributed by atoms with E-state index in [2.05, 4.69) is 5.32 Å². The molecule has 34 heavy (non-hydrogen) atoms. The van der Waals surface area contributed by atoms with Gasteiger partial charge >= 0.3 is 0 Å². The van der Waals surface area contributed by atoms with E-state index in [0.29, 0.717) is 32.7 Å². The van der Waals surface area contributed by atoms with E-state index in [1.807, 2.05) is 6.92 Å². The van der Waals surface area contributed by atoms with Crippen LogP contribution in [0.5, 0.6) is 0 Å². The molecule has 11 heteroatoms. The smallest absolute Gasteiger partial charge is 0.244 e. The molecule has 2 rings (SSSR count). The summed E-state index contributed by atoms with van der Waals surface area (Å²) in [6.45, 7) is 5.03. The molecule has 0 saturated carbocycles. The fourth-order valence-electron chi connectivity index (χ4n) is 3.28. The van der Waals surface area contributed by atoms with Crippen LogP contribution in [-0.4, -0.2) is 50.5 Å². The van der Waals surface area contributed by atoms with Gasteiger partial charge in [-0.1, -0.05) is 53.9 Å². The molecule has 186 valence electrons. The van der Waals surface area contributed by atoms with Crippen molar-refractivity contribution in [3.05, 3.63) is 62.6 Å². The Hall–Kier alpha value is -2.00. The van der Waals surface area contributed by atoms with E-state index in [4.69, 9.17) is 34.8 Å². The van der Waals surface area contributed by atoms with Gasteiger partial charge in [0.2, 0.25) is 21.8 Å². The summed E-state index contributed by atoms with van der Waals surface area (Å²) < 4.78 is 26.3. The van der Waals surface area contributed by atoms with Crippen molar-refractivity contribution in [1.29, 1.82) is 0 Å². The van der Waals surface area contributed by atoms with E-state index in [1.165, 1.54) is 11.0 Å². The number of halogens is 3. The van der Waals surface area contributed by atoms with E-state index in [0.717, 1.165) is 17.0 Å². The van der Waals surface area contributed by atoms with Gasteiger partial charge in [-0.2, -0.15) is 0 Å². The molecular formula is C23H28Cl3N3O4S. The van der Waals surface area contributed by atoms with Crippen LogP contribution in [-0.2, 0) is 26.2 Å². The molecule has 0 unspecified atom stereocenters. The Bertz CT molecular complexity index is 1140. The van der Waals surface area contributed by atoms with Gasteiger partial charge in [0.1, 0.15) is 12.6 Å². The highest BCUT2D eigenvalue weighted by molar-refractivity contribution is 7.92. The van der Waals surface area contributed by atoms with Gasteiger partial charge in [0.05, 0.1) is 11.9 Å². The molecule has 2 aromatic carbocycles. The second-order valence-electron chi connectivity index (χ2n) is 7.89. The van der Waals surface area contributed by atoms with Crippen molar-refractivity contribution < 1.29 is 18.0 Å². The van der Waals surface area contributed by atoms with Gasteiger partial charge in [-0.05, 0) is 50.1 Å². The zero-order chi connectivity index (χ0) is 25.6. The van der Waals surface area contributed by atoms with Crippen LogP contribution >= 0.6 is 34.8 Å². The lowest BCUT2D eigenvalue weighted by Gasteiger charge is -2.32. The molecule has 7 nitrogen and oxygen atoms in total. The van der Waals surface area contributed by atoms with Gasteiger partial charge < -0.3 is 10.2 Å². The third-order valence-corrected chi connectivity index (χ3v) is 7.30. The second-order valence-corrected chi connectivity index (χ2v) is 11.0. The SMILES string of the molecule is CCCNC(=O)[C@H](C)N(Cc1c(Cl)cccc1Cl)C(=O)CN(c1cc(Cl)ccc1C)S(C)(=O)=O. The molecular weight excluding hydrogens is 521 g/mol. The number of nitrogens with zero attached hydrogens (tertiary/aromatic N) is 2. The minimum atomic E-state index is -3.86. The highest BCUT2D eigenvalue weighted by atomic mass is 35.5. The normalized spacial score (nSPS) is 12.2. The van der Waals surface area contributed by atoms with Crippen molar-refractivity contribution in [3.63, 3.8) is 0 Å². The van der Waals surface area contributed by atoms with Gasteiger partial charge in [0.25, 0.3) is 0 Å². The average molecular weight is 549 g/mol. The number of carbonyl (C=O) groups excluding carboxylic acids is 2. The number of aryl methyl sites for hydroxylation is 1. The van der Waals surface area contributed by atoms with Crippen LogP contribution in [0.3, 0.4) is 0 Å². The maximum atomic E-state index is 13.5. The summed E-state index contributed by atoms with van der Waals surface area (Å²) in [4.78, 5) is 27.6. The lowest BCUT2D eigenvalue weighted by Crippen LogP contribution is -2.51. The summed E-state index contributed by atoms with van der Waals surface area (Å²) in [6, 6.07) is 8.81. The quantitative estimate of drug-likeness (QED) is 0.468. The number of nitrogens with one attached hydrogen (secondary N) is 1. The van der Waals surface area contributed by atoms with Crippen molar-refractivity contribution in [2.45, 2.75) is 39.8 Å². The highest BCUT2D eigenvalue weighted by Gasteiger charge is 2.31. The monoisotopic (exact) mass is 547 g/mol. The molecule has 0 spiro atoms. The number of benzene rings is 2. The molecule has 0 aromatic heterocycles. The van der Waals surface area contributed by atoms with Crippen LogP contribution in [0.1, 0.15) is 31.4 Å². The van der Waals surface area contributed by atoms with Crippen LogP contribution in [0.15, 0.2) is 36.4 Å². The molecule has 0 heterocycles. The topological polar surface area (TPSA) is 86.8 Å². The lowest BCUT2D eigenvalue weighted by atomic mass is 10.1. The average Bonchev–Trinajstić information content (AvgIpc) is 2.76. The first-order valence-electron chi connectivity index (χ1n) is 10.6. The largest absolute Gasteiger partial charge is 0.354 e. The number of rotatable bonds is 10. The van der Waals surface area contributed by atoms with E-state index in [-0.39, 0.29) is 18.1 Å². The maximum Gasteiger partial charge on any atom is 0.244 e. The number of hydrogen-bond donors (Lipinski definition) is 1. The number of anilines is 1. The third kappa shape index (κ3) is 7.25. The first-order chi connectivity index (χ1) is 15.9. The fraction of sp³-hybridized carbons (Fsp3) is 0.391. The Kier molecular flexibility index (Phi) is 10.1. The van der Waals surface area contributed by atoms with Crippen LogP contribution < -0.4 is 9.62 Å². The lowest BCUT2D eigenvalue weighted by molar-refractivity contribution is -0.139. The number of sulfonamides is 1. The summed E-state index contributed by atoms with van der Waals surface area (Å²) in [5, 5.41) is 3.76. The van der Waals surface area contributed by atoms with Crippen molar-refractivity contribution in [1.82, 2.24) is 10.2 Å². The van der Waals surface area contributed by atoms with Crippen LogP contribution in [0.25, 0.3) is 0 Å². The van der Waals surface area contributed by atoms with Crippen molar-refractivity contribution in [2.75, 3.05) is 23.7 Å². The molecule has 0 bridgehead atoms. The van der Waals surface area contributed by atoms with Gasteiger partial charge in [-0.25, -0.2) is 8.42 Å². The predicted molar refractivity (Wildman–Crippen MR) is 138 cm³/mol. The van der Waals surface area contributed by atoms with Crippen molar-refractivity contribution in [2.24, 2.45) is 0 Å². The minimum absolute atomic E-state index is 0.0792. The molecule has 0 fully saturated rings. The minimum Gasteiger partial charge on any atom is -0.354 e. The van der Waals surface area contributed by atoms with Gasteiger partial charge in [-0.3, -0.25) is 13.9 Å². The third-order valence-electron chi connectivity index (χ3n) is 5.23. The van der Waals surface area contributed by atoms with Crippen LogP contribution in [0, 0.1) is 6.92 Å². The molecule has 0 aliphatic rings. The summed E-state index contributed by atoms with van der Waals surface area (Å²) in [7, 11) is -3.86. The van der Waals surface area contributed by atoms with E-state index in [1.54, 1.807) is 44.2 Å². The molecule has 0 radical (unpaired) electrons. The standard InChI is InChI=1S/C23H28Cl3N3O4S/c1-5-11-27-23(31)16(3)28(13-18-19(25)7-6-8-20(18)26)22(30)14-29(34(4,32)33)21-12-17(24)10-9-15(21)2/h6-10,12,16H,5,11,13-14H2,1-4H3,(H,27,31)/t16-/m0/s1. The van der Waals surface area contributed by atoms with Gasteiger partial charge in [-0.15, -0.1) is 0 Å². The van der Waals surface area contributed by atoms with Crippen molar-refractivity contribution in [3.8, 4) is 0 Å². The molecule has 2 amide bonds. The van der Waals surface area contributed by atoms with Gasteiger partial charge in [0, 0.05) is 33.7 Å². The maximum absolute atomic E-state index is 13.5. The fourth-order valence-corrected chi connectivity index (χ4v) is 4.86. The Balaban J connectivity index is 2.48. The Labute approximate surface area is 216 Å². The van der Waals surface area contributed by atoms with Gasteiger partial charge in [0.15, 0.2) is 0 Å². The first-order valence-corrected chi connectivity index (χ1v) is 13.6. The molecule has 0 aliphatic carbocycles. The number of hydrogen-bond acceptors (Lipinski definition) is 4. The molecule has 0 aliphatic heterocycles. The predicted octanol–water partition coefficient (Wildman–Crippen LogP) is 4.66. The Morgan fingerprint density at radius 1 is 1.09 bits per heavy atom. The zero-order valence-electron chi connectivity index (χ0n) is 19.4. The Morgan fingerprint density at radius 2 is 1.71 bits per heavy atom. The summed E-state index contributed by atoms with van der Waals surface area (Å²) >= 11 is 18.7. The zero-order valence-corrected chi connectivity index (χ0v) is 22.5. The first kappa shape index (κ1) is 28.2. The van der Waals surface area contributed by atoms with E-state index >= 15 is 0 Å². The second kappa shape index (κ2) is 12.1.